The van der Waals surface area contributed by atoms with Crippen LogP contribution in [0.3, 0.4) is 0 Å². The number of hydrogen-bond donors (Lipinski definition) is 1. The number of nitrogens with zero attached hydrogens (tertiary/aromatic N) is 2. The Morgan fingerprint density at radius 2 is 1.96 bits per heavy atom. The van der Waals surface area contributed by atoms with Gasteiger partial charge in [-0.1, -0.05) is 35.3 Å². The van der Waals surface area contributed by atoms with Crippen LogP contribution >= 0.6 is 23.2 Å². The van der Waals surface area contributed by atoms with Crippen molar-refractivity contribution in [3.8, 4) is 11.8 Å². The van der Waals surface area contributed by atoms with Crippen LogP contribution in [0.1, 0.15) is 17.0 Å². The predicted octanol–water partition coefficient (Wildman–Crippen LogP) is 4.76. The van der Waals surface area contributed by atoms with Gasteiger partial charge in [0, 0.05) is 17.1 Å². The number of ether oxygens (including phenoxy) is 1. The molecule has 4 rings (SSSR count). The summed E-state index contributed by atoms with van der Waals surface area (Å²) in [4.78, 5) is 4.34. The highest BCUT2D eigenvalue weighted by Crippen LogP contribution is 2.45. The third-order valence-electron chi connectivity index (χ3n) is 4.24. The van der Waals surface area contributed by atoms with E-state index in [2.05, 4.69) is 11.1 Å². The third-order valence-corrected chi connectivity index (χ3v) is 4.98. The molecule has 0 saturated heterocycles. The number of rotatable bonds is 1. The number of hydrogen-bond acceptors (Lipinski definition) is 4. The van der Waals surface area contributed by atoms with E-state index >= 15 is 0 Å². The van der Waals surface area contributed by atoms with Gasteiger partial charge in [-0.25, -0.2) is 0 Å². The van der Waals surface area contributed by atoms with Gasteiger partial charge in [-0.05, 0) is 35.9 Å². The Balaban J connectivity index is 2.01. The lowest BCUT2D eigenvalue weighted by atomic mass is 9.83. The van der Waals surface area contributed by atoms with Gasteiger partial charge in [-0.2, -0.15) is 5.26 Å². The zero-order valence-corrected chi connectivity index (χ0v) is 14.3. The minimum absolute atomic E-state index is 0.0856. The molecule has 1 aliphatic rings. The molecule has 2 heterocycles. The summed E-state index contributed by atoms with van der Waals surface area (Å²) in [5.74, 6) is 0.314. The molecule has 0 aliphatic carbocycles. The van der Waals surface area contributed by atoms with Crippen molar-refractivity contribution in [1.29, 1.82) is 5.26 Å². The number of allylic oxidation sites excluding steroid dienone is 1. The molecular formula is C19H11Cl2N3O. The minimum atomic E-state index is -0.381. The van der Waals surface area contributed by atoms with E-state index in [1.165, 1.54) is 0 Å². The van der Waals surface area contributed by atoms with E-state index in [1.807, 2.05) is 30.3 Å². The average Bonchev–Trinajstić information content (AvgIpc) is 2.63. The highest BCUT2D eigenvalue weighted by molar-refractivity contribution is 6.42. The molecule has 2 N–H and O–H groups in total. The van der Waals surface area contributed by atoms with Crippen molar-refractivity contribution in [2.24, 2.45) is 5.73 Å². The molecule has 0 bridgehead atoms. The Bertz CT molecular complexity index is 1090. The van der Waals surface area contributed by atoms with E-state index in [4.69, 9.17) is 33.7 Å². The molecule has 4 nitrogen and oxygen atoms in total. The minimum Gasteiger partial charge on any atom is -0.439 e. The zero-order chi connectivity index (χ0) is 17.6. The Hall–Kier alpha value is -2.74. The SMILES string of the molecule is N#CC1=C(N)Oc2c(ccc3ncccc23)C1c1ccc(Cl)c(Cl)c1. The molecule has 25 heavy (non-hydrogen) atoms. The maximum atomic E-state index is 9.62. The van der Waals surface area contributed by atoms with Gasteiger partial charge in [0.25, 0.3) is 0 Å². The number of benzene rings is 2. The number of nitriles is 1. The smallest absolute Gasteiger partial charge is 0.205 e. The highest BCUT2D eigenvalue weighted by atomic mass is 35.5. The van der Waals surface area contributed by atoms with Gasteiger partial charge in [0.2, 0.25) is 5.88 Å². The van der Waals surface area contributed by atoms with E-state index in [1.54, 1.807) is 18.3 Å². The molecule has 6 heteroatoms. The summed E-state index contributed by atoms with van der Waals surface area (Å²) >= 11 is 12.2. The monoisotopic (exact) mass is 367 g/mol. The Morgan fingerprint density at radius 3 is 2.72 bits per heavy atom. The van der Waals surface area contributed by atoms with Crippen molar-refractivity contribution in [2.45, 2.75) is 5.92 Å². The molecule has 1 unspecified atom stereocenters. The van der Waals surface area contributed by atoms with E-state index < -0.39 is 0 Å². The molecule has 0 spiro atoms. The second-order valence-electron chi connectivity index (χ2n) is 5.65. The molecule has 0 fully saturated rings. The van der Waals surface area contributed by atoms with E-state index in [-0.39, 0.29) is 11.8 Å². The quantitative estimate of drug-likeness (QED) is 0.672. The fraction of sp³-hybridized carbons (Fsp3) is 0.0526. The van der Waals surface area contributed by atoms with Crippen LogP contribution in [-0.4, -0.2) is 4.98 Å². The summed E-state index contributed by atoms with van der Waals surface area (Å²) in [6.45, 7) is 0. The lowest BCUT2D eigenvalue weighted by Gasteiger charge is -2.27. The van der Waals surface area contributed by atoms with Crippen LogP contribution in [-0.2, 0) is 0 Å². The van der Waals surface area contributed by atoms with Gasteiger partial charge < -0.3 is 10.5 Å². The van der Waals surface area contributed by atoms with Crippen molar-refractivity contribution in [3.63, 3.8) is 0 Å². The number of pyridine rings is 1. The summed E-state index contributed by atoms with van der Waals surface area (Å²) in [7, 11) is 0. The fourth-order valence-electron chi connectivity index (χ4n) is 3.10. The molecule has 1 aromatic heterocycles. The van der Waals surface area contributed by atoms with Crippen molar-refractivity contribution in [1.82, 2.24) is 4.98 Å². The molecule has 122 valence electrons. The summed E-state index contributed by atoms with van der Waals surface area (Å²) in [5, 5.41) is 11.3. The molecular weight excluding hydrogens is 357 g/mol. The number of halogens is 2. The number of fused-ring (bicyclic) bond motifs is 3. The Morgan fingerprint density at radius 1 is 1.12 bits per heavy atom. The van der Waals surface area contributed by atoms with Gasteiger partial charge in [-0.3, -0.25) is 4.98 Å². The predicted molar refractivity (Wildman–Crippen MR) is 97.5 cm³/mol. The first-order chi connectivity index (χ1) is 12.1. The molecule has 0 saturated carbocycles. The van der Waals surface area contributed by atoms with Crippen molar-refractivity contribution in [2.75, 3.05) is 0 Å². The van der Waals surface area contributed by atoms with Gasteiger partial charge in [0.05, 0.1) is 21.5 Å². The number of nitrogens with two attached hydrogens (primary N) is 1. The van der Waals surface area contributed by atoms with Crippen molar-refractivity contribution >= 4 is 34.1 Å². The topological polar surface area (TPSA) is 71.9 Å². The lowest BCUT2D eigenvalue weighted by Crippen LogP contribution is -2.21. The first-order valence-electron chi connectivity index (χ1n) is 7.50. The standard InChI is InChI=1S/C19H11Cl2N3O/c20-14-5-3-10(8-15(14)21)17-12-4-6-16-11(2-1-7-24-16)18(12)25-19(23)13(17)9-22/h1-8,17H,23H2. The first kappa shape index (κ1) is 15.8. The van der Waals surface area contributed by atoms with Crippen molar-refractivity contribution < 1.29 is 4.74 Å². The van der Waals surface area contributed by atoms with Crippen molar-refractivity contribution in [3.05, 3.63) is 81.3 Å². The summed E-state index contributed by atoms with van der Waals surface area (Å²) in [6, 6.07) is 15.0. The van der Waals surface area contributed by atoms with Crippen LogP contribution in [0.5, 0.6) is 5.75 Å². The first-order valence-corrected chi connectivity index (χ1v) is 8.26. The molecule has 0 amide bonds. The molecule has 1 atom stereocenters. The van der Waals surface area contributed by atoms with Gasteiger partial charge >= 0.3 is 0 Å². The van der Waals surface area contributed by atoms with E-state index in [0.717, 1.165) is 22.0 Å². The zero-order valence-electron chi connectivity index (χ0n) is 12.8. The fourth-order valence-corrected chi connectivity index (χ4v) is 3.41. The van der Waals surface area contributed by atoms with Gasteiger partial charge in [-0.15, -0.1) is 0 Å². The highest BCUT2D eigenvalue weighted by Gasteiger charge is 2.32. The Labute approximate surface area is 154 Å². The van der Waals surface area contributed by atoms with E-state index in [9.17, 15) is 5.26 Å². The lowest BCUT2D eigenvalue weighted by molar-refractivity contribution is 0.398. The third kappa shape index (κ3) is 2.49. The van der Waals surface area contributed by atoms with Crippen LogP contribution in [0, 0.1) is 11.3 Å². The molecule has 2 aromatic carbocycles. The Kier molecular flexibility index (Phi) is 3.76. The van der Waals surface area contributed by atoms with Crippen LogP contribution in [0.4, 0.5) is 0 Å². The second kappa shape index (κ2) is 5.96. The summed E-state index contributed by atoms with van der Waals surface area (Å²) in [5.41, 5.74) is 8.84. The largest absolute Gasteiger partial charge is 0.439 e. The van der Waals surface area contributed by atoms with Crippen LogP contribution in [0.25, 0.3) is 10.9 Å². The van der Waals surface area contributed by atoms with Gasteiger partial charge in [0.1, 0.15) is 17.4 Å². The van der Waals surface area contributed by atoms with Gasteiger partial charge in [0.15, 0.2) is 0 Å². The van der Waals surface area contributed by atoms with Crippen LogP contribution in [0.15, 0.2) is 60.1 Å². The van der Waals surface area contributed by atoms with Crippen LogP contribution in [0.2, 0.25) is 10.0 Å². The summed E-state index contributed by atoms with van der Waals surface area (Å²) in [6.07, 6.45) is 1.72. The molecule has 3 aromatic rings. The second-order valence-corrected chi connectivity index (χ2v) is 6.47. The molecule has 1 aliphatic heterocycles. The maximum absolute atomic E-state index is 9.62. The van der Waals surface area contributed by atoms with Crippen LogP contribution < -0.4 is 10.5 Å². The average molecular weight is 368 g/mol. The molecule has 0 radical (unpaired) electrons. The summed E-state index contributed by atoms with van der Waals surface area (Å²) < 4.78 is 5.79. The normalized spacial score (nSPS) is 16.3. The number of aromatic nitrogens is 1. The van der Waals surface area contributed by atoms with E-state index in [0.29, 0.717) is 21.4 Å². The maximum Gasteiger partial charge on any atom is 0.205 e.